The third kappa shape index (κ3) is 4.03. The number of methoxy groups -OCH3 is 1. The molecule has 1 amide bonds. The van der Waals surface area contributed by atoms with Crippen LogP contribution in [0.15, 0.2) is 18.2 Å². The molecule has 1 fully saturated rings. The van der Waals surface area contributed by atoms with Crippen molar-refractivity contribution in [2.24, 2.45) is 0 Å². The summed E-state index contributed by atoms with van der Waals surface area (Å²) in [6, 6.07) is 5.59. The van der Waals surface area contributed by atoms with Gasteiger partial charge >= 0.3 is 5.97 Å². The Morgan fingerprint density at radius 2 is 1.91 bits per heavy atom. The Hall–Kier alpha value is -2.04. The molecule has 0 saturated carbocycles. The van der Waals surface area contributed by atoms with E-state index >= 15 is 0 Å². The van der Waals surface area contributed by atoms with Gasteiger partial charge in [0.05, 0.1) is 13.0 Å². The Labute approximate surface area is 137 Å². The summed E-state index contributed by atoms with van der Waals surface area (Å²) < 4.78 is 5.33. The van der Waals surface area contributed by atoms with E-state index < -0.39 is 11.9 Å². The molecule has 5 heteroatoms. The van der Waals surface area contributed by atoms with E-state index in [1.54, 1.807) is 11.0 Å². The number of likely N-dealkylation sites (tertiary alicyclic amines) is 1. The molecular formula is C18H25NO4. The maximum atomic E-state index is 12.4. The van der Waals surface area contributed by atoms with Crippen LogP contribution in [0.25, 0.3) is 0 Å². The third-order valence-corrected chi connectivity index (χ3v) is 4.43. The highest BCUT2D eigenvalue weighted by atomic mass is 16.5. The number of nitrogens with zero attached hydrogens (tertiary/aromatic N) is 1. The van der Waals surface area contributed by atoms with Gasteiger partial charge in [-0.3, -0.25) is 9.59 Å². The van der Waals surface area contributed by atoms with Crippen LogP contribution in [0.2, 0.25) is 0 Å². The molecule has 0 aliphatic carbocycles. The van der Waals surface area contributed by atoms with Gasteiger partial charge in [-0.2, -0.15) is 0 Å². The second kappa shape index (κ2) is 7.49. The van der Waals surface area contributed by atoms with Crippen LogP contribution in [0.1, 0.15) is 56.1 Å². The lowest BCUT2D eigenvalue weighted by molar-refractivity contribution is -0.142. The highest BCUT2D eigenvalue weighted by Crippen LogP contribution is 2.33. The summed E-state index contributed by atoms with van der Waals surface area (Å²) in [4.78, 5) is 25.9. The van der Waals surface area contributed by atoms with Crippen LogP contribution in [-0.2, 0) is 9.59 Å². The molecule has 1 aromatic rings. The SMILES string of the molecule is COc1ccc(C(C)C)cc1C(CC(=O)N1CCCC1)C(=O)O. The molecule has 0 radical (unpaired) electrons. The second-order valence-electron chi connectivity index (χ2n) is 6.34. The first-order valence-corrected chi connectivity index (χ1v) is 8.12. The Bertz CT molecular complexity index is 576. The van der Waals surface area contributed by atoms with Gasteiger partial charge in [-0.05, 0) is 30.4 Å². The minimum atomic E-state index is -0.989. The average molecular weight is 319 g/mol. The van der Waals surface area contributed by atoms with Crippen LogP contribution >= 0.6 is 0 Å². The van der Waals surface area contributed by atoms with Crippen molar-refractivity contribution in [2.45, 2.75) is 44.9 Å². The fourth-order valence-electron chi connectivity index (χ4n) is 2.98. The summed E-state index contributed by atoms with van der Waals surface area (Å²) >= 11 is 0. The number of carboxylic acids is 1. The van der Waals surface area contributed by atoms with Crippen LogP contribution in [0.3, 0.4) is 0 Å². The number of aliphatic carboxylic acids is 1. The zero-order chi connectivity index (χ0) is 17.0. The summed E-state index contributed by atoms with van der Waals surface area (Å²) in [5, 5.41) is 9.64. The number of benzene rings is 1. The minimum Gasteiger partial charge on any atom is -0.496 e. The predicted octanol–water partition coefficient (Wildman–Crippen LogP) is 3.00. The lowest BCUT2D eigenvalue weighted by atomic mass is 9.90. The number of ether oxygens (including phenoxy) is 1. The van der Waals surface area contributed by atoms with Crippen molar-refractivity contribution < 1.29 is 19.4 Å². The van der Waals surface area contributed by atoms with Crippen molar-refractivity contribution in [1.82, 2.24) is 4.90 Å². The molecule has 1 aliphatic rings. The van der Waals surface area contributed by atoms with Gasteiger partial charge in [-0.15, -0.1) is 0 Å². The smallest absolute Gasteiger partial charge is 0.311 e. The molecule has 126 valence electrons. The van der Waals surface area contributed by atoms with Crippen molar-refractivity contribution in [3.8, 4) is 5.75 Å². The molecule has 23 heavy (non-hydrogen) atoms. The normalized spacial score (nSPS) is 15.7. The molecule has 1 aromatic carbocycles. The summed E-state index contributed by atoms with van der Waals surface area (Å²) in [7, 11) is 1.52. The summed E-state index contributed by atoms with van der Waals surface area (Å²) in [5.74, 6) is -1.15. The predicted molar refractivity (Wildman–Crippen MR) is 87.9 cm³/mol. The lowest BCUT2D eigenvalue weighted by Gasteiger charge is -2.21. The quantitative estimate of drug-likeness (QED) is 0.875. The molecule has 1 N–H and O–H groups in total. The van der Waals surface area contributed by atoms with Crippen LogP contribution in [0, 0.1) is 0 Å². The van der Waals surface area contributed by atoms with Gasteiger partial charge in [0.2, 0.25) is 5.91 Å². The molecule has 1 heterocycles. The van der Waals surface area contributed by atoms with Gasteiger partial charge < -0.3 is 14.7 Å². The first-order chi connectivity index (χ1) is 10.9. The Morgan fingerprint density at radius 1 is 1.26 bits per heavy atom. The van der Waals surface area contributed by atoms with E-state index in [2.05, 4.69) is 13.8 Å². The van der Waals surface area contributed by atoms with Crippen molar-refractivity contribution >= 4 is 11.9 Å². The number of carboxylic acid groups (broad SMARTS) is 1. The van der Waals surface area contributed by atoms with Crippen LogP contribution in [-0.4, -0.2) is 42.1 Å². The molecule has 1 aliphatic heterocycles. The monoisotopic (exact) mass is 319 g/mol. The Morgan fingerprint density at radius 3 is 2.43 bits per heavy atom. The largest absolute Gasteiger partial charge is 0.496 e. The van der Waals surface area contributed by atoms with Crippen LogP contribution in [0.5, 0.6) is 5.75 Å². The van der Waals surface area contributed by atoms with Gasteiger partial charge in [-0.1, -0.05) is 26.0 Å². The molecule has 0 aromatic heterocycles. The van der Waals surface area contributed by atoms with E-state index in [-0.39, 0.29) is 18.2 Å². The molecular weight excluding hydrogens is 294 g/mol. The van der Waals surface area contributed by atoms with E-state index in [0.717, 1.165) is 31.5 Å². The first kappa shape index (κ1) is 17.3. The molecule has 0 bridgehead atoms. The summed E-state index contributed by atoms with van der Waals surface area (Å²) in [6.07, 6.45) is 1.97. The average Bonchev–Trinajstić information content (AvgIpc) is 3.05. The highest BCUT2D eigenvalue weighted by molar-refractivity contribution is 5.86. The summed E-state index contributed by atoms with van der Waals surface area (Å²) in [5.41, 5.74) is 1.62. The highest BCUT2D eigenvalue weighted by Gasteiger charge is 2.29. The zero-order valence-corrected chi connectivity index (χ0v) is 14.0. The van der Waals surface area contributed by atoms with Crippen molar-refractivity contribution in [3.63, 3.8) is 0 Å². The van der Waals surface area contributed by atoms with Gasteiger partial charge in [0.25, 0.3) is 0 Å². The Balaban J connectivity index is 2.30. The molecule has 1 unspecified atom stereocenters. The molecule has 0 spiro atoms. The van der Waals surface area contributed by atoms with Crippen molar-refractivity contribution in [1.29, 1.82) is 0 Å². The fraction of sp³-hybridized carbons (Fsp3) is 0.556. The lowest BCUT2D eigenvalue weighted by Crippen LogP contribution is -2.30. The van der Waals surface area contributed by atoms with Gasteiger partial charge in [-0.25, -0.2) is 0 Å². The first-order valence-electron chi connectivity index (χ1n) is 8.12. The fourth-order valence-corrected chi connectivity index (χ4v) is 2.98. The number of amides is 1. The number of rotatable bonds is 6. The van der Waals surface area contributed by atoms with E-state index in [0.29, 0.717) is 11.3 Å². The Kier molecular flexibility index (Phi) is 5.64. The minimum absolute atomic E-state index is 0.0206. The van der Waals surface area contributed by atoms with Gasteiger partial charge in [0.1, 0.15) is 5.75 Å². The van der Waals surface area contributed by atoms with Crippen molar-refractivity contribution in [2.75, 3.05) is 20.2 Å². The summed E-state index contributed by atoms with van der Waals surface area (Å²) in [6.45, 7) is 5.57. The van der Waals surface area contributed by atoms with Gasteiger partial charge in [0.15, 0.2) is 0 Å². The van der Waals surface area contributed by atoms with E-state index in [1.807, 2.05) is 12.1 Å². The zero-order valence-electron chi connectivity index (χ0n) is 14.0. The van der Waals surface area contributed by atoms with E-state index in [9.17, 15) is 14.7 Å². The molecule has 2 rings (SSSR count). The molecule has 5 nitrogen and oxygen atoms in total. The third-order valence-electron chi connectivity index (χ3n) is 4.43. The number of carbonyl (C=O) groups excluding carboxylic acids is 1. The maximum Gasteiger partial charge on any atom is 0.311 e. The van der Waals surface area contributed by atoms with Crippen molar-refractivity contribution in [3.05, 3.63) is 29.3 Å². The number of hydrogen-bond acceptors (Lipinski definition) is 3. The standard InChI is InChI=1S/C18H25NO4/c1-12(2)13-6-7-16(23-3)14(10-13)15(18(21)22)11-17(20)19-8-4-5-9-19/h6-7,10,12,15H,4-5,8-9,11H2,1-3H3,(H,21,22). The van der Waals surface area contributed by atoms with E-state index in [1.165, 1.54) is 7.11 Å². The van der Waals surface area contributed by atoms with Gasteiger partial charge in [0, 0.05) is 25.1 Å². The molecule has 1 atom stereocenters. The van der Waals surface area contributed by atoms with Crippen LogP contribution in [0.4, 0.5) is 0 Å². The maximum absolute atomic E-state index is 12.4. The van der Waals surface area contributed by atoms with E-state index in [4.69, 9.17) is 4.74 Å². The van der Waals surface area contributed by atoms with Crippen LogP contribution < -0.4 is 4.74 Å². The number of hydrogen-bond donors (Lipinski definition) is 1. The molecule has 1 saturated heterocycles. The second-order valence-corrected chi connectivity index (χ2v) is 6.34. The topological polar surface area (TPSA) is 66.8 Å². The number of carbonyl (C=O) groups is 2.